The molecule has 0 atom stereocenters. The van der Waals surface area contributed by atoms with Crippen LogP contribution in [0.25, 0.3) is 0 Å². The first-order valence-electron chi connectivity index (χ1n) is 6.61. The van der Waals surface area contributed by atoms with E-state index < -0.39 is 0 Å². The summed E-state index contributed by atoms with van der Waals surface area (Å²) in [5, 5.41) is 3.74. The van der Waals surface area contributed by atoms with Crippen molar-refractivity contribution in [3.8, 4) is 0 Å². The van der Waals surface area contributed by atoms with Crippen molar-refractivity contribution < 1.29 is 9.18 Å². The Hall–Kier alpha value is -0.840. The maximum absolute atomic E-state index is 12.5. The number of halogens is 3. The van der Waals surface area contributed by atoms with Crippen LogP contribution in [0.15, 0.2) is 18.2 Å². The number of nitrogens with one attached hydrogen (secondary N) is 1. The van der Waals surface area contributed by atoms with E-state index in [2.05, 4.69) is 5.32 Å². The molecule has 1 aromatic rings. The molecule has 3 nitrogen and oxygen atoms in total. The highest BCUT2D eigenvalue weighted by Crippen LogP contribution is 2.22. The van der Waals surface area contributed by atoms with Gasteiger partial charge in [-0.25, -0.2) is 0 Å². The molecule has 0 unspecified atom stereocenters. The average molecular weight is 319 g/mol. The maximum atomic E-state index is 12.5. The van der Waals surface area contributed by atoms with E-state index in [1.54, 1.807) is 18.2 Å². The van der Waals surface area contributed by atoms with E-state index in [1.165, 1.54) is 0 Å². The van der Waals surface area contributed by atoms with Gasteiger partial charge in [0, 0.05) is 15.7 Å². The Labute approximate surface area is 128 Å². The second kappa shape index (κ2) is 7.25. The van der Waals surface area contributed by atoms with Crippen LogP contribution in [0.5, 0.6) is 0 Å². The van der Waals surface area contributed by atoms with Gasteiger partial charge in [-0.2, -0.15) is 0 Å². The minimum absolute atomic E-state index is 0.109. The third kappa shape index (κ3) is 4.62. The molecule has 1 heterocycles. The van der Waals surface area contributed by atoms with Crippen LogP contribution in [0, 0.1) is 5.92 Å². The molecule has 20 heavy (non-hydrogen) atoms. The molecule has 6 heteroatoms. The summed E-state index contributed by atoms with van der Waals surface area (Å²) in [6, 6.07) is 4.92. The summed E-state index contributed by atoms with van der Waals surface area (Å²) >= 11 is 11.8. The third-order valence-electron chi connectivity index (χ3n) is 3.44. The van der Waals surface area contributed by atoms with Crippen molar-refractivity contribution in [3.05, 3.63) is 28.2 Å². The van der Waals surface area contributed by atoms with E-state index in [4.69, 9.17) is 23.2 Å². The zero-order chi connectivity index (χ0) is 14.5. The molecule has 1 N–H and O–H groups in total. The number of hydrogen-bond acceptors (Lipinski definition) is 2. The third-order valence-corrected chi connectivity index (χ3v) is 3.88. The molecule has 1 aromatic carbocycles. The summed E-state index contributed by atoms with van der Waals surface area (Å²) in [5.41, 5.74) is 0.589. The van der Waals surface area contributed by atoms with Gasteiger partial charge in [0.25, 0.3) is 0 Å². The standard InChI is InChI=1S/C14H17Cl2FN2O/c15-11-5-12(16)7-13(6-11)18-14(20)9-19-3-1-10(8-17)2-4-19/h5-7,10H,1-4,8-9H2,(H,18,20). The van der Waals surface area contributed by atoms with Gasteiger partial charge in [-0.15, -0.1) is 0 Å². The second-order valence-corrected chi connectivity index (χ2v) is 5.95. The number of carbonyl (C=O) groups excluding carboxylic acids is 1. The Kier molecular flexibility index (Phi) is 5.64. The number of likely N-dealkylation sites (tertiary alicyclic amines) is 1. The van der Waals surface area contributed by atoms with Crippen molar-refractivity contribution in [2.24, 2.45) is 5.92 Å². The zero-order valence-electron chi connectivity index (χ0n) is 11.0. The van der Waals surface area contributed by atoms with Crippen LogP contribution in [-0.4, -0.2) is 37.1 Å². The Morgan fingerprint density at radius 2 is 1.85 bits per heavy atom. The van der Waals surface area contributed by atoms with E-state index in [-0.39, 0.29) is 18.5 Å². The number of piperidine rings is 1. The van der Waals surface area contributed by atoms with Crippen LogP contribution in [-0.2, 0) is 4.79 Å². The van der Waals surface area contributed by atoms with E-state index in [1.807, 2.05) is 4.90 Å². The predicted molar refractivity (Wildman–Crippen MR) is 80.2 cm³/mol. The van der Waals surface area contributed by atoms with E-state index in [0.717, 1.165) is 25.9 Å². The van der Waals surface area contributed by atoms with Crippen molar-refractivity contribution in [3.63, 3.8) is 0 Å². The highest BCUT2D eigenvalue weighted by atomic mass is 35.5. The van der Waals surface area contributed by atoms with Crippen LogP contribution >= 0.6 is 23.2 Å². The van der Waals surface area contributed by atoms with Gasteiger partial charge in [-0.3, -0.25) is 14.1 Å². The van der Waals surface area contributed by atoms with Gasteiger partial charge >= 0.3 is 0 Å². The smallest absolute Gasteiger partial charge is 0.238 e. The molecule has 0 radical (unpaired) electrons. The molecule has 1 saturated heterocycles. The number of carbonyl (C=O) groups is 1. The summed E-state index contributed by atoms with van der Waals surface area (Å²) in [7, 11) is 0. The summed E-state index contributed by atoms with van der Waals surface area (Å²) in [6.07, 6.45) is 1.62. The van der Waals surface area contributed by atoms with Crippen molar-refractivity contribution in [2.75, 3.05) is 31.6 Å². The normalized spacial score (nSPS) is 17.1. The van der Waals surface area contributed by atoms with Crippen LogP contribution < -0.4 is 5.32 Å². The monoisotopic (exact) mass is 318 g/mol. The lowest BCUT2D eigenvalue weighted by molar-refractivity contribution is -0.117. The van der Waals surface area contributed by atoms with Crippen LogP contribution in [0.4, 0.5) is 10.1 Å². The van der Waals surface area contributed by atoms with Crippen molar-refractivity contribution in [2.45, 2.75) is 12.8 Å². The largest absolute Gasteiger partial charge is 0.325 e. The first-order chi connectivity index (χ1) is 9.56. The molecule has 1 amide bonds. The molecule has 1 aliphatic rings. The molecule has 0 saturated carbocycles. The van der Waals surface area contributed by atoms with Crippen molar-refractivity contribution in [1.82, 2.24) is 4.90 Å². The van der Waals surface area contributed by atoms with Crippen molar-refractivity contribution >= 4 is 34.8 Å². The summed E-state index contributed by atoms with van der Waals surface area (Å²) in [4.78, 5) is 14.0. The minimum atomic E-state index is -0.263. The number of anilines is 1. The van der Waals surface area contributed by atoms with Gasteiger partial charge in [-0.05, 0) is 50.0 Å². The number of rotatable bonds is 4. The summed E-state index contributed by atoms with van der Waals surface area (Å²) in [5.74, 6) is 0.0445. The Balaban J connectivity index is 1.83. The molecule has 0 bridgehead atoms. The van der Waals surface area contributed by atoms with Gasteiger partial charge in [0.05, 0.1) is 13.2 Å². The highest BCUT2D eigenvalue weighted by molar-refractivity contribution is 6.35. The SMILES string of the molecule is O=C(CN1CCC(CF)CC1)Nc1cc(Cl)cc(Cl)c1. The lowest BCUT2D eigenvalue weighted by atomic mass is 9.98. The van der Waals surface area contributed by atoms with Gasteiger partial charge in [0.1, 0.15) is 0 Å². The number of benzene rings is 1. The molecule has 110 valence electrons. The number of hydrogen-bond donors (Lipinski definition) is 1. The maximum Gasteiger partial charge on any atom is 0.238 e. The number of amides is 1. The Morgan fingerprint density at radius 3 is 2.40 bits per heavy atom. The zero-order valence-corrected chi connectivity index (χ0v) is 12.6. The van der Waals surface area contributed by atoms with E-state index >= 15 is 0 Å². The Morgan fingerprint density at radius 1 is 1.25 bits per heavy atom. The summed E-state index contributed by atoms with van der Waals surface area (Å²) in [6.45, 7) is 1.57. The molecule has 2 rings (SSSR count). The van der Waals surface area contributed by atoms with Crippen molar-refractivity contribution in [1.29, 1.82) is 0 Å². The minimum Gasteiger partial charge on any atom is -0.325 e. The van der Waals surface area contributed by atoms with E-state index in [9.17, 15) is 9.18 Å². The summed E-state index contributed by atoms with van der Waals surface area (Å²) < 4.78 is 12.5. The van der Waals surface area contributed by atoms with Gasteiger partial charge in [0.15, 0.2) is 0 Å². The number of alkyl halides is 1. The number of nitrogens with zero attached hydrogens (tertiary/aromatic N) is 1. The second-order valence-electron chi connectivity index (χ2n) is 5.08. The quantitative estimate of drug-likeness (QED) is 0.919. The van der Waals surface area contributed by atoms with Crippen LogP contribution in [0.3, 0.4) is 0 Å². The first kappa shape index (κ1) is 15.5. The van der Waals surface area contributed by atoms with Crippen LogP contribution in [0.2, 0.25) is 10.0 Å². The molecule has 0 spiro atoms. The van der Waals surface area contributed by atoms with Gasteiger partial charge in [0.2, 0.25) is 5.91 Å². The van der Waals surface area contributed by atoms with E-state index in [0.29, 0.717) is 22.3 Å². The first-order valence-corrected chi connectivity index (χ1v) is 7.36. The lowest BCUT2D eigenvalue weighted by Crippen LogP contribution is -2.39. The fraction of sp³-hybridized carbons (Fsp3) is 0.500. The highest BCUT2D eigenvalue weighted by Gasteiger charge is 2.20. The fourth-order valence-corrected chi connectivity index (χ4v) is 2.85. The lowest BCUT2D eigenvalue weighted by Gasteiger charge is -2.30. The predicted octanol–water partition coefficient (Wildman–Crippen LogP) is 3.61. The molecule has 0 aliphatic carbocycles. The molecule has 0 aromatic heterocycles. The molecule has 1 fully saturated rings. The molecular weight excluding hydrogens is 302 g/mol. The van der Waals surface area contributed by atoms with Gasteiger partial charge < -0.3 is 5.32 Å². The Bertz CT molecular complexity index is 456. The van der Waals surface area contributed by atoms with Crippen LogP contribution in [0.1, 0.15) is 12.8 Å². The van der Waals surface area contributed by atoms with Gasteiger partial charge in [-0.1, -0.05) is 23.2 Å². The topological polar surface area (TPSA) is 32.3 Å². The molecule has 1 aliphatic heterocycles. The fourth-order valence-electron chi connectivity index (χ4n) is 2.33. The average Bonchev–Trinajstić information content (AvgIpc) is 2.38. The molecular formula is C14H17Cl2FN2O.